The van der Waals surface area contributed by atoms with Gasteiger partial charge in [-0.3, -0.25) is 8.78 Å². The lowest BCUT2D eigenvalue weighted by molar-refractivity contribution is 0.343. The van der Waals surface area contributed by atoms with Gasteiger partial charge in [0.25, 0.3) is 0 Å². The van der Waals surface area contributed by atoms with Crippen molar-refractivity contribution in [2.75, 3.05) is 13.3 Å². The van der Waals surface area contributed by atoms with Gasteiger partial charge < -0.3 is 0 Å². The Hall–Kier alpha value is -1.15. The SMILES string of the molecule is NS(=O)(=O)c1cnc(C(CF)CF)nc1. The third-order valence-electron chi connectivity index (χ3n) is 1.71. The molecule has 1 rings (SSSR count). The van der Waals surface area contributed by atoms with Crippen LogP contribution in [-0.2, 0) is 10.0 Å². The highest BCUT2D eigenvalue weighted by Crippen LogP contribution is 2.13. The fourth-order valence-corrected chi connectivity index (χ4v) is 1.26. The van der Waals surface area contributed by atoms with Gasteiger partial charge >= 0.3 is 0 Å². The molecule has 0 radical (unpaired) electrons. The van der Waals surface area contributed by atoms with E-state index in [2.05, 4.69) is 9.97 Å². The number of halogens is 2. The number of nitrogens with zero attached hydrogens (tertiary/aromatic N) is 2. The van der Waals surface area contributed by atoms with Crippen LogP contribution in [0.5, 0.6) is 0 Å². The van der Waals surface area contributed by atoms with E-state index in [0.717, 1.165) is 12.4 Å². The standard InChI is InChI=1S/C7H9F2N3O2S/c8-1-5(2-9)7-11-3-6(4-12-7)15(10,13)14/h3-5H,1-2H2,(H2,10,13,14). The monoisotopic (exact) mass is 237 g/mol. The van der Waals surface area contributed by atoms with Gasteiger partial charge in [0.05, 0.1) is 18.3 Å². The number of nitrogens with two attached hydrogens (primary N) is 1. The van der Waals surface area contributed by atoms with Gasteiger partial charge in [0.15, 0.2) is 0 Å². The molecule has 0 amide bonds. The van der Waals surface area contributed by atoms with Crippen LogP contribution in [0.4, 0.5) is 8.78 Å². The fraction of sp³-hybridized carbons (Fsp3) is 0.429. The second kappa shape index (κ2) is 4.58. The van der Waals surface area contributed by atoms with E-state index in [0.29, 0.717) is 0 Å². The maximum absolute atomic E-state index is 12.2. The fourth-order valence-electron chi connectivity index (χ4n) is 0.863. The van der Waals surface area contributed by atoms with Gasteiger partial charge in [-0.2, -0.15) is 0 Å². The zero-order chi connectivity index (χ0) is 11.5. The largest absolute Gasteiger partial charge is 0.250 e. The minimum Gasteiger partial charge on any atom is -0.250 e. The van der Waals surface area contributed by atoms with Crippen LogP contribution in [0.25, 0.3) is 0 Å². The second-order valence-corrected chi connectivity index (χ2v) is 4.39. The molecule has 84 valence electrons. The maximum atomic E-state index is 12.2. The van der Waals surface area contributed by atoms with E-state index in [9.17, 15) is 17.2 Å². The van der Waals surface area contributed by atoms with Crippen molar-refractivity contribution in [3.8, 4) is 0 Å². The highest BCUT2D eigenvalue weighted by Gasteiger charge is 2.16. The summed E-state index contributed by atoms with van der Waals surface area (Å²) in [5, 5.41) is 4.79. The van der Waals surface area contributed by atoms with E-state index >= 15 is 0 Å². The van der Waals surface area contributed by atoms with E-state index < -0.39 is 29.3 Å². The number of aromatic nitrogens is 2. The number of hydrogen-bond donors (Lipinski definition) is 1. The Balaban J connectivity index is 3.00. The molecule has 0 aliphatic rings. The minimum atomic E-state index is -3.87. The van der Waals surface area contributed by atoms with Gasteiger partial charge in [-0.25, -0.2) is 23.5 Å². The van der Waals surface area contributed by atoms with E-state index in [-0.39, 0.29) is 10.7 Å². The van der Waals surface area contributed by atoms with Crippen LogP contribution < -0.4 is 5.14 Å². The molecule has 1 aromatic rings. The zero-order valence-electron chi connectivity index (χ0n) is 7.60. The predicted octanol–water partition coefficient (Wildman–Crippen LogP) is 0.147. The maximum Gasteiger partial charge on any atom is 0.241 e. The molecule has 5 nitrogen and oxygen atoms in total. The lowest BCUT2D eigenvalue weighted by Crippen LogP contribution is -2.15. The molecule has 1 aromatic heterocycles. The quantitative estimate of drug-likeness (QED) is 0.807. The van der Waals surface area contributed by atoms with Crippen LogP contribution >= 0.6 is 0 Å². The predicted molar refractivity (Wildman–Crippen MR) is 48.1 cm³/mol. The van der Waals surface area contributed by atoms with Crippen molar-refractivity contribution in [3.05, 3.63) is 18.2 Å². The van der Waals surface area contributed by atoms with Gasteiger partial charge in [0.1, 0.15) is 24.1 Å². The molecule has 0 saturated carbocycles. The molecular weight excluding hydrogens is 228 g/mol. The third-order valence-corrected chi connectivity index (χ3v) is 2.58. The number of sulfonamides is 1. The van der Waals surface area contributed by atoms with E-state index in [1.165, 1.54) is 0 Å². The molecule has 0 aliphatic carbocycles. The van der Waals surface area contributed by atoms with E-state index in [4.69, 9.17) is 5.14 Å². The second-order valence-electron chi connectivity index (χ2n) is 2.83. The molecule has 0 aromatic carbocycles. The molecule has 0 saturated heterocycles. The molecule has 1 heterocycles. The first kappa shape index (κ1) is 11.9. The van der Waals surface area contributed by atoms with Crippen LogP contribution in [0.2, 0.25) is 0 Å². The Bertz CT molecular complexity index is 416. The van der Waals surface area contributed by atoms with Crippen LogP contribution in [0.1, 0.15) is 11.7 Å². The number of hydrogen-bond acceptors (Lipinski definition) is 4. The summed E-state index contributed by atoms with van der Waals surface area (Å²) in [6.07, 6.45) is 1.85. The highest BCUT2D eigenvalue weighted by molar-refractivity contribution is 7.89. The van der Waals surface area contributed by atoms with E-state index in [1.807, 2.05) is 0 Å². The average Bonchev–Trinajstić information content (AvgIpc) is 2.19. The smallest absolute Gasteiger partial charge is 0.241 e. The zero-order valence-corrected chi connectivity index (χ0v) is 8.42. The van der Waals surface area contributed by atoms with Crippen LogP contribution in [0.15, 0.2) is 17.3 Å². The van der Waals surface area contributed by atoms with Gasteiger partial charge in [0, 0.05) is 0 Å². The first-order valence-electron chi connectivity index (χ1n) is 3.95. The van der Waals surface area contributed by atoms with Gasteiger partial charge in [-0.05, 0) is 0 Å². The Labute approximate surface area is 85.4 Å². The van der Waals surface area contributed by atoms with Crippen molar-refractivity contribution in [1.29, 1.82) is 0 Å². The molecule has 0 atom stereocenters. The normalized spacial score (nSPS) is 12.0. The van der Waals surface area contributed by atoms with Gasteiger partial charge in [-0.15, -0.1) is 0 Å². The molecule has 0 aliphatic heterocycles. The summed E-state index contributed by atoms with van der Waals surface area (Å²) in [6, 6.07) is 0. The first-order valence-corrected chi connectivity index (χ1v) is 5.50. The molecular formula is C7H9F2N3O2S. The Morgan fingerprint density at radius 2 is 1.73 bits per heavy atom. The third kappa shape index (κ3) is 2.90. The molecule has 0 unspecified atom stereocenters. The Morgan fingerprint density at radius 1 is 1.27 bits per heavy atom. The molecule has 0 spiro atoms. The first-order chi connectivity index (χ1) is 6.99. The van der Waals surface area contributed by atoms with Crippen molar-refractivity contribution in [2.45, 2.75) is 10.8 Å². The molecule has 0 fully saturated rings. The molecule has 8 heteroatoms. The van der Waals surface area contributed by atoms with Gasteiger partial charge in [0.2, 0.25) is 10.0 Å². The van der Waals surface area contributed by atoms with Crippen molar-refractivity contribution in [2.24, 2.45) is 5.14 Å². The van der Waals surface area contributed by atoms with Gasteiger partial charge in [-0.1, -0.05) is 0 Å². The van der Waals surface area contributed by atoms with Crippen LogP contribution in [0, 0.1) is 0 Å². The summed E-state index contributed by atoms with van der Waals surface area (Å²) in [7, 11) is -3.87. The number of primary sulfonamides is 1. The van der Waals surface area contributed by atoms with Crippen molar-refractivity contribution >= 4 is 10.0 Å². The van der Waals surface area contributed by atoms with Crippen LogP contribution in [0.3, 0.4) is 0 Å². The average molecular weight is 237 g/mol. The lowest BCUT2D eigenvalue weighted by atomic mass is 10.2. The summed E-state index contributed by atoms with van der Waals surface area (Å²) >= 11 is 0. The molecule has 0 bridgehead atoms. The van der Waals surface area contributed by atoms with E-state index in [1.54, 1.807) is 0 Å². The topological polar surface area (TPSA) is 85.9 Å². The molecule has 2 N–H and O–H groups in total. The van der Waals surface area contributed by atoms with Crippen LogP contribution in [-0.4, -0.2) is 31.7 Å². The summed E-state index contributed by atoms with van der Waals surface area (Å²) < 4.78 is 46.0. The Morgan fingerprint density at radius 3 is 2.07 bits per heavy atom. The highest BCUT2D eigenvalue weighted by atomic mass is 32.2. The summed E-state index contributed by atoms with van der Waals surface area (Å²) in [5.41, 5.74) is 0. The number of alkyl halides is 2. The Kier molecular flexibility index (Phi) is 3.64. The molecule has 15 heavy (non-hydrogen) atoms. The number of rotatable bonds is 4. The minimum absolute atomic E-state index is 0.0765. The van der Waals surface area contributed by atoms with Crippen molar-refractivity contribution < 1.29 is 17.2 Å². The summed E-state index contributed by atoms with van der Waals surface area (Å²) in [4.78, 5) is 6.78. The lowest BCUT2D eigenvalue weighted by Gasteiger charge is -2.06. The summed E-state index contributed by atoms with van der Waals surface area (Å²) in [6.45, 7) is -1.88. The van der Waals surface area contributed by atoms with Crippen molar-refractivity contribution in [3.63, 3.8) is 0 Å². The summed E-state index contributed by atoms with van der Waals surface area (Å²) in [5.74, 6) is -1.13. The van der Waals surface area contributed by atoms with Crippen molar-refractivity contribution in [1.82, 2.24) is 9.97 Å².